The predicted octanol–water partition coefficient (Wildman–Crippen LogP) is 4.32. The molecule has 0 aromatic heterocycles. The molecule has 4 aromatic carbocycles. The van der Waals surface area contributed by atoms with Crippen LogP contribution in [0.15, 0.2) is 66.7 Å². The second-order valence-electron chi connectivity index (χ2n) is 7.63. The zero-order chi connectivity index (χ0) is 19.0. The smallest absolute Gasteiger partial charge is 0.0644 e. The number of aliphatic hydroxyl groups is 2. The fourth-order valence-corrected chi connectivity index (χ4v) is 3.80. The van der Waals surface area contributed by atoms with Crippen molar-refractivity contribution in [1.82, 2.24) is 4.90 Å². The number of likely N-dealkylation sites (N-methyl/N-ethyl adjacent to an activating group) is 1. The molecule has 2 N–H and O–H groups in total. The van der Waals surface area contributed by atoms with Gasteiger partial charge in [0, 0.05) is 6.54 Å². The lowest BCUT2D eigenvalue weighted by Gasteiger charge is -2.36. The lowest BCUT2D eigenvalue weighted by molar-refractivity contribution is 0.0111. The van der Waals surface area contributed by atoms with E-state index in [4.69, 9.17) is 0 Å². The summed E-state index contributed by atoms with van der Waals surface area (Å²) in [7, 11) is 1.95. The Morgan fingerprint density at radius 2 is 1.33 bits per heavy atom. The van der Waals surface area contributed by atoms with E-state index in [-0.39, 0.29) is 13.2 Å². The first-order chi connectivity index (χ1) is 13.1. The van der Waals surface area contributed by atoms with Gasteiger partial charge in [-0.15, -0.1) is 0 Å². The summed E-state index contributed by atoms with van der Waals surface area (Å²) in [6.07, 6.45) is 0. The van der Waals surface area contributed by atoms with Gasteiger partial charge in [0.1, 0.15) is 0 Å². The fourth-order valence-electron chi connectivity index (χ4n) is 3.80. The second-order valence-corrected chi connectivity index (χ2v) is 7.63. The number of fused-ring (bicyclic) bond motifs is 5. The molecule has 4 aromatic rings. The third kappa shape index (κ3) is 2.98. The molecule has 138 valence electrons. The van der Waals surface area contributed by atoms with Gasteiger partial charge in [0.2, 0.25) is 0 Å². The van der Waals surface area contributed by atoms with Crippen LogP contribution in [0.1, 0.15) is 12.5 Å². The Bertz CT molecular complexity index is 1120. The first-order valence-electron chi connectivity index (χ1n) is 9.32. The van der Waals surface area contributed by atoms with Crippen molar-refractivity contribution < 1.29 is 10.2 Å². The van der Waals surface area contributed by atoms with Gasteiger partial charge in [-0.2, -0.15) is 0 Å². The van der Waals surface area contributed by atoms with Gasteiger partial charge >= 0.3 is 0 Å². The summed E-state index contributed by atoms with van der Waals surface area (Å²) in [6.45, 7) is 2.35. The molecule has 0 aliphatic rings. The Labute approximate surface area is 159 Å². The highest BCUT2D eigenvalue weighted by atomic mass is 16.3. The Morgan fingerprint density at radius 3 is 2.04 bits per heavy atom. The molecule has 4 rings (SSSR count). The highest BCUT2D eigenvalue weighted by Gasteiger charge is 2.28. The Kier molecular flexibility index (Phi) is 4.60. The zero-order valence-electron chi connectivity index (χ0n) is 15.8. The van der Waals surface area contributed by atoms with Crippen molar-refractivity contribution in [2.75, 3.05) is 20.3 Å². The number of rotatable bonds is 5. The summed E-state index contributed by atoms with van der Waals surface area (Å²) >= 11 is 0. The average molecular weight is 359 g/mol. The van der Waals surface area contributed by atoms with Gasteiger partial charge in [0.25, 0.3) is 0 Å². The minimum absolute atomic E-state index is 0.0888. The third-order valence-corrected chi connectivity index (χ3v) is 5.86. The van der Waals surface area contributed by atoms with E-state index in [0.717, 1.165) is 0 Å². The number of hydrogen-bond acceptors (Lipinski definition) is 3. The largest absolute Gasteiger partial charge is 0.394 e. The molecule has 3 heteroatoms. The molecule has 0 heterocycles. The molecule has 0 radical (unpaired) electrons. The third-order valence-electron chi connectivity index (χ3n) is 5.86. The summed E-state index contributed by atoms with van der Waals surface area (Å²) in [4.78, 5) is 2.03. The molecule has 0 spiro atoms. The molecule has 0 amide bonds. The monoisotopic (exact) mass is 359 g/mol. The van der Waals surface area contributed by atoms with E-state index in [1.54, 1.807) is 0 Å². The highest BCUT2D eigenvalue weighted by Crippen LogP contribution is 2.34. The first kappa shape index (κ1) is 17.9. The number of nitrogens with zero attached hydrogens (tertiary/aromatic N) is 1. The second kappa shape index (κ2) is 6.93. The van der Waals surface area contributed by atoms with E-state index in [2.05, 4.69) is 66.7 Å². The number of benzene rings is 4. The van der Waals surface area contributed by atoms with Gasteiger partial charge in [0.15, 0.2) is 0 Å². The standard InChI is InChI=1S/C24H25NO2/c1-24(15-26,16-27)25(2)14-18-13-23-19-8-4-3-7-17(19)11-12-22(23)21-10-6-5-9-20(18)21/h3-13,26-27H,14-16H2,1-2H3. The van der Waals surface area contributed by atoms with Crippen LogP contribution in [0, 0.1) is 0 Å². The summed E-state index contributed by atoms with van der Waals surface area (Å²) in [5.74, 6) is 0. The summed E-state index contributed by atoms with van der Waals surface area (Å²) in [5.41, 5.74) is 0.541. The van der Waals surface area contributed by atoms with Crippen LogP contribution in [-0.4, -0.2) is 40.9 Å². The van der Waals surface area contributed by atoms with E-state index >= 15 is 0 Å². The van der Waals surface area contributed by atoms with Gasteiger partial charge in [-0.3, -0.25) is 4.90 Å². The van der Waals surface area contributed by atoms with Gasteiger partial charge in [0.05, 0.1) is 18.8 Å². The topological polar surface area (TPSA) is 43.7 Å². The zero-order valence-corrected chi connectivity index (χ0v) is 15.8. The van der Waals surface area contributed by atoms with Crippen LogP contribution in [-0.2, 0) is 6.54 Å². The Hall–Kier alpha value is -2.46. The van der Waals surface area contributed by atoms with E-state index in [1.807, 2.05) is 18.9 Å². The van der Waals surface area contributed by atoms with E-state index < -0.39 is 5.54 Å². The van der Waals surface area contributed by atoms with Crippen LogP contribution in [0.3, 0.4) is 0 Å². The van der Waals surface area contributed by atoms with E-state index in [9.17, 15) is 10.2 Å². The maximum Gasteiger partial charge on any atom is 0.0644 e. The minimum atomic E-state index is -0.658. The molecule has 0 atom stereocenters. The summed E-state index contributed by atoms with van der Waals surface area (Å²) < 4.78 is 0. The van der Waals surface area contributed by atoms with Crippen molar-refractivity contribution in [2.24, 2.45) is 0 Å². The van der Waals surface area contributed by atoms with Crippen molar-refractivity contribution in [3.8, 4) is 0 Å². The molecule has 27 heavy (non-hydrogen) atoms. The molecule has 0 unspecified atom stereocenters. The van der Waals surface area contributed by atoms with Crippen LogP contribution in [0.25, 0.3) is 32.3 Å². The normalized spacial score (nSPS) is 12.5. The molecule has 0 aliphatic carbocycles. The first-order valence-corrected chi connectivity index (χ1v) is 9.32. The van der Waals surface area contributed by atoms with Crippen molar-refractivity contribution in [3.05, 3.63) is 72.3 Å². The minimum Gasteiger partial charge on any atom is -0.394 e. The van der Waals surface area contributed by atoms with Crippen molar-refractivity contribution in [1.29, 1.82) is 0 Å². The van der Waals surface area contributed by atoms with Crippen molar-refractivity contribution >= 4 is 32.3 Å². The molecule has 0 saturated carbocycles. The van der Waals surface area contributed by atoms with E-state index in [1.165, 1.54) is 37.9 Å². The maximum atomic E-state index is 9.76. The SMILES string of the molecule is CN(Cc1cc2c3ccccc3ccc2c2ccccc12)C(C)(CO)CO. The van der Waals surface area contributed by atoms with Gasteiger partial charge in [-0.1, -0.05) is 60.7 Å². The molecular weight excluding hydrogens is 334 g/mol. The predicted molar refractivity (Wildman–Crippen MR) is 113 cm³/mol. The van der Waals surface area contributed by atoms with Crippen LogP contribution < -0.4 is 0 Å². The van der Waals surface area contributed by atoms with Gasteiger partial charge < -0.3 is 10.2 Å². The quantitative estimate of drug-likeness (QED) is 0.522. The summed E-state index contributed by atoms with van der Waals surface area (Å²) in [6, 6.07) is 23.6. The number of hydrogen-bond donors (Lipinski definition) is 2. The highest BCUT2D eigenvalue weighted by molar-refractivity contribution is 6.18. The van der Waals surface area contributed by atoms with Gasteiger partial charge in [-0.05, 0) is 57.9 Å². The van der Waals surface area contributed by atoms with Gasteiger partial charge in [-0.25, -0.2) is 0 Å². The van der Waals surface area contributed by atoms with Crippen LogP contribution in [0.2, 0.25) is 0 Å². The maximum absolute atomic E-state index is 9.76. The Morgan fingerprint density at radius 1 is 0.741 bits per heavy atom. The van der Waals surface area contributed by atoms with Crippen molar-refractivity contribution in [2.45, 2.75) is 19.0 Å². The summed E-state index contributed by atoms with van der Waals surface area (Å²) in [5, 5.41) is 26.9. The molecule has 3 nitrogen and oxygen atoms in total. The lowest BCUT2D eigenvalue weighted by atomic mass is 9.93. The van der Waals surface area contributed by atoms with Crippen LogP contribution in [0.5, 0.6) is 0 Å². The fraction of sp³-hybridized carbons (Fsp3) is 0.250. The molecule has 0 aliphatic heterocycles. The number of aliphatic hydroxyl groups excluding tert-OH is 2. The lowest BCUT2D eigenvalue weighted by Crippen LogP contribution is -2.49. The van der Waals surface area contributed by atoms with Crippen molar-refractivity contribution in [3.63, 3.8) is 0 Å². The average Bonchev–Trinajstić information content (AvgIpc) is 2.73. The molecular formula is C24H25NO2. The molecule has 0 fully saturated rings. The van der Waals surface area contributed by atoms with Crippen LogP contribution >= 0.6 is 0 Å². The molecule has 0 saturated heterocycles. The molecule has 0 bridgehead atoms. The Balaban J connectivity index is 1.97. The van der Waals surface area contributed by atoms with E-state index in [0.29, 0.717) is 6.54 Å². The van der Waals surface area contributed by atoms with Crippen LogP contribution in [0.4, 0.5) is 0 Å².